The Kier molecular flexibility index (Phi) is 5.96. The Balaban J connectivity index is 1.64. The molecule has 0 saturated heterocycles. The molecule has 1 heterocycles. The molecule has 29 heavy (non-hydrogen) atoms. The van der Waals surface area contributed by atoms with Gasteiger partial charge in [-0.25, -0.2) is 18.9 Å². The summed E-state index contributed by atoms with van der Waals surface area (Å²) in [6.07, 6.45) is 1.98. The Morgan fingerprint density at radius 3 is 2.52 bits per heavy atom. The van der Waals surface area contributed by atoms with Crippen LogP contribution in [0.25, 0.3) is 5.69 Å². The highest BCUT2D eigenvalue weighted by molar-refractivity contribution is 5.71. The third-order valence-electron chi connectivity index (χ3n) is 4.49. The molecule has 0 saturated carbocycles. The minimum absolute atomic E-state index is 0.0362. The van der Waals surface area contributed by atoms with Gasteiger partial charge in [0.1, 0.15) is 30.3 Å². The molecule has 1 aromatic heterocycles. The number of rotatable bonds is 6. The zero-order valence-corrected chi connectivity index (χ0v) is 16.9. The van der Waals surface area contributed by atoms with Crippen LogP contribution in [-0.2, 0) is 14.9 Å². The SMILES string of the molecule is CC(OC(=O)COc1ccc(C(C)(C)C)cc1)c1c(F)cccc1-n1cncn1. The minimum atomic E-state index is -0.824. The third kappa shape index (κ3) is 4.99. The normalized spacial score (nSPS) is 12.4. The number of esters is 1. The third-order valence-corrected chi connectivity index (χ3v) is 4.49. The van der Waals surface area contributed by atoms with E-state index in [0.29, 0.717) is 11.4 Å². The molecule has 3 aromatic rings. The molecule has 0 aliphatic carbocycles. The van der Waals surface area contributed by atoms with Gasteiger partial charge in [0.2, 0.25) is 0 Å². The summed E-state index contributed by atoms with van der Waals surface area (Å²) in [6.45, 7) is 7.70. The lowest BCUT2D eigenvalue weighted by Crippen LogP contribution is -2.19. The van der Waals surface area contributed by atoms with Crippen LogP contribution in [0.3, 0.4) is 0 Å². The van der Waals surface area contributed by atoms with Gasteiger partial charge in [0.25, 0.3) is 0 Å². The number of aromatic nitrogens is 3. The molecule has 1 atom stereocenters. The molecule has 0 amide bonds. The Bertz CT molecular complexity index is 964. The summed E-state index contributed by atoms with van der Waals surface area (Å²) in [4.78, 5) is 16.1. The molecule has 1 unspecified atom stereocenters. The Labute approximate surface area is 169 Å². The average molecular weight is 397 g/mol. The van der Waals surface area contributed by atoms with Gasteiger partial charge in [-0.05, 0) is 42.2 Å². The first-order chi connectivity index (χ1) is 13.8. The average Bonchev–Trinajstić information content (AvgIpc) is 3.20. The van der Waals surface area contributed by atoms with Gasteiger partial charge in [-0.15, -0.1) is 0 Å². The molecule has 0 bridgehead atoms. The first-order valence-electron chi connectivity index (χ1n) is 9.32. The van der Waals surface area contributed by atoms with Crippen molar-refractivity contribution in [3.8, 4) is 11.4 Å². The van der Waals surface area contributed by atoms with Crippen LogP contribution in [0, 0.1) is 5.82 Å². The number of halogens is 1. The highest BCUT2D eigenvalue weighted by Gasteiger charge is 2.21. The first kappa shape index (κ1) is 20.5. The van der Waals surface area contributed by atoms with Crippen LogP contribution in [0.5, 0.6) is 5.75 Å². The predicted molar refractivity (Wildman–Crippen MR) is 106 cm³/mol. The van der Waals surface area contributed by atoms with E-state index in [1.54, 1.807) is 19.1 Å². The molecule has 0 radical (unpaired) electrons. The van der Waals surface area contributed by atoms with Crippen molar-refractivity contribution in [2.45, 2.75) is 39.2 Å². The lowest BCUT2D eigenvalue weighted by Gasteiger charge is -2.19. The molecule has 6 nitrogen and oxygen atoms in total. The number of benzene rings is 2. The van der Waals surface area contributed by atoms with Gasteiger partial charge in [0, 0.05) is 0 Å². The van der Waals surface area contributed by atoms with Crippen molar-refractivity contribution in [3.05, 3.63) is 72.1 Å². The molecular weight excluding hydrogens is 373 g/mol. The van der Waals surface area contributed by atoms with E-state index in [0.717, 1.165) is 0 Å². The zero-order chi connectivity index (χ0) is 21.0. The molecule has 7 heteroatoms. The smallest absolute Gasteiger partial charge is 0.344 e. The van der Waals surface area contributed by atoms with Gasteiger partial charge >= 0.3 is 5.97 Å². The summed E-state index contributed by atoms with van der Waals surface area (Å²) in [5, 5.41) is 4.02. The van der Waals surface area contributed by atoms with Crippen molar-refractivity contribution in [2.75, 3.05) is 6.61 Å². The fourth-order valence-corrected chi connectivity index (χ4v) is 2.94. The van der Waals surface area contributed by atoms with E-state index in [1.807, 2.05) is 24.3 Å². The number of carbonyl (C=O) groups excluding carboxylic acids is 1. The van der Waals surface area contributed by atoms with E-state index in [2.05, 4.69) is 30.9 Å². The molecule has 0 N–H and O–H groups in total. The Morgan fingerprint density at radius 2 is 1.90 bits per heavy atom. The van der Waals surface area contributed by atoms with Gasteiger partial charge in [-0.2, -0.15) is 5.10 Å². The maximum absolute atomic E-state index is 14.4. The van der Waals surface area contributed by atoms with Gasteiger partial charge in [-0.1, -0.05) is 39.0 Å². The van der Waals surface area contributed by atoms with Gasteiger partial charge < -0.3 is 9.47 Å². The van der Waals surface area contributed by atoms with Crippen LogP contribution in [-0.4, -0.2) is 27.3 Å². The monoisotopic (exact) mass is 397 g/mol. The van der Waals surface area contributed by atoms with E-state index >= 15 is 0 Å². The molecular formula is C22H24FN3O3. The van der Waals surface area contributed by atoms with Gasteiger partial charge in [-0.3, -0.25) is 0 Å². The summed E-state index contributed by atoms with van der Waals surface area (Å²) >= 11 is 0. The molecule has 0 spiro atoms. The van der Waals surface area contributed by atoms with Crippen LogP contribution in [0.4, 0.5) is 4.39 Å². The Hall–Kier alpha value is -3.22. The van der Waals surface area contributed by atoms with Crippen molar-refractivity contribution in [3.63, 3.8) is 0 Å². The molecule has 3 rings (SSSR count). The maximum atomic E-state index is 14.4. The highest BCUT2D eigenvalue weighted by atomic mass is 19.1. The Morgan fingerprint density at radius 1 is 1.17 bits per heavy atom. The first-order valence-corrected chi connectivity index (χ1v) is 9.32. The molecule has 0 aliphatic rings. The van der Waals surface area contributed by atoms with E-state index in [9.17, 15) is 9.18 Å². The number of nitrogens with zero attached hydrogens (tertiary/aromatic N) is 3. The quantitative estimate of drug-likeness (QED) is 0.577. The summed E-state index contributed by atoms with van der Waals surface area (Å²) in [5.74, 6) is -0.515. The second-order valence-corrected chi connectivity index (χ2v) is 7.71. The molecule has 0 aliphatic heterocycles. The van der Waals surface area contributed by atoms with Crippen molar-refractivity contribution in [1.82, 2.24) is 14.8 Å². The highest BCUT2D eigenvalue weighted by Crippen LogP contribution is 2.27. The minimum Gasteiger partial charge on any atom is -0.482 e. The van der Waals surface area contributed by atoms with E-state index in [4.69, 9.17) is 9.47 Å². The second-order valence-electron chi connectivity index (χ2n) is 7.71. The van der Waals surface area contributed by atoms with Crippen LogP contribution in [0.2, 0.25) is 0 Å². The molecule has 0 fully saturated rings. The number of carbonyl (C=O) groups is 1. The molecule has 152 valence electrons. The summed E-state index contributed by atoms with van der Waals surface area (Å²) in [7, 11) is 0. The van der Waals surface area contributed by atoms with Crippen molar-refractivity contribution >= 4 is 5.97 Å². The van der Waals surface area contributed by atoms with Crippen LogP contribution in [0.1, 0.15) is 44.9 Å². The largest absolute Gasteiger partial charge is 0.482 e. The summed E-state index contributed by atoms with van der Waals surface area (Å²) in [6, 6.07) is 12.1. The fourth-order valence-electron chi connectivity index (χ4n) is 2.94. The number of hydrogen-bond acceptors (Lipinski definition) is 5. The maximum Gasteiger partial charge on any atom is 0.344 e. The van der Waals surface area contributed by atoms with Crippen LogP contribution in [0.15, 0.2) is 55.1 Å². The van der Waals surface area contributed by atoms with Gasteiger partial charge in [0.05, 0.1) is 11.3 Å². The lowest BCUT2D eigenvalue weighted by molar-refractivity contribution is -0.151. The fraction of sp³-hybridized carbons (Fsp3) is 0.318. The van der Waals surface area contributed by atoms with Crippen molar-refractivity contribution in [2.24, 2.45) is 0 Å². The van der Waals surface area contributed by atoms with E-state index < -0.39 is 17.9 Å². The predicted octanol–water partition coefficient (Wildman–Crippen LogP) is 4.39. The standard InChI is InChI=1S/C22H24FN3O3/c1-15(21-18(23)6-5-7-19(21)26-14-24-13-25-26)29-20(27)12-28-17-10-8-16(9-11-17)22(2,3)4/h5-11,13-15H,12H2,1-4H3. The van der Waals surface area contributed by atoms with Gasteiger partial charge in [0.15, 0.2) is 6.61 Å². The zero-order valence-electron chi connectivity index (χ0n) is 16.9. The van der Waals surface area contributed by atoms with Crippen LogP contribution < -0.4 is 4.74 Å². The second kappa shape index (κ2) is 8.43. The van der Waals surface area contributed by atoms with E-state index in [-0.39, 0.29) is 17.6 Å². The summed E-state index contributed by atoms with van der Waals surface area (Å²) < 4.78 is 26.8. The summed E-state index contributed by atoms with van der Waals surface area (Å²) in [5.41, 5.74) is 1.89. The number of ether oxygens (including phenoxy) is 2. The van der Waals surface area contributed by atoms with E-state index in [1.165, 1.54) is 29.0 Å². The topological polar surface area (TPSA) is 66.2 Å². The van der Waals surface area contributed by atoms with Crippen molar-refractivity contribution < 1.29 is 18.7 Å². The van der Waals surface area contributed by atoms with Crippen molar-refractivity contribution in [1.29, 1.82) is 0 Å². The number of hydrogen-bond donors (Lipinski definition) is 0. The van der Waals surface area contributed by atoms with Crippen LogP contribution >= 0.6 is 0 Å². The molecule has 2 aromatic carbocycles. The lowest BCUT2D eigenvalue weighted by atomic mass is 9.87.